The van der Waals surface area contributed by atoms with Crippen LogP contribution in [0.5, 0.6) is 0 Å². The predicted molar refractivity (Wildman–Crippen MR) is 88.5 cm³/mol. The third kappa shape index (κ3) is 4.96. The minimum absolute atomic E-state index is 0. The maximum Gasteiger partial charge on any atom is 0.274 e. The number of hydrogen-bond acceptors (Lipinski definition) is 4. The van der Waals surface area contributed by atoms with E-state index in [9.17, 15) is 14.9 Å². The molecule has 1 aromatic carbocycles. The zero-order valence-corrected chi connectivity index (χ0v) is 13.4. The van der Waals surface area contributed by atoms with E-state index in [4.69, 9.17) is 0 Å². The lowest BCUT2D eigenvalue weighted by atomic mass is 9.93. The van der Waals surface area contributed by atoms with Gasteiger partial charge in [0.05, 0.1) is 16.2 Å². The van der Waals surface area contributed by atoms with Crippen molar-refractivity contribution in [2.45, 2.75) is 32.6 Å². The zero-order valence-electron chi connectivity index (χ0n) is 12.6. The van der Waals surface area contributed by atoms with Crippen molar-refractivity contribution in [2.24, 2.45) is 5.92 Å². The van der Waals surface area contributed by atoms with E-state index in [0.717, 1.165) is 32.4 Å². The molecule has 0 unspecified atom stereocenters. The number of hydrogen-bond donors (Lipinski definition) is 2. The Labute approximate surface area is 136 Å². The highest BCUT2D eigenvalue weighted by Crippen LogP contribution is 2.25. The van der Waals surface area contributed by atoms with Gasteiger partial charge in [-0.3, -0.25) is 14.9 Å². The molecule has 1 aromatic rings. The maximum absolute atomic E-state index is 12.0. The Balaban J connectivity index is 0.00000242. The number of nitrogens with zero attached hydrogens (tertiary/aromatic N) is 1. The number of halogens is 1. The van der Waals surface area contributed by atoms with Crippen molar-refractivity contribution in [1.82, 2.24) is 5.32 Å². The highest BCUT2D eigenvalue weighted by Gasteiger charge is 2.17. The van der Waals surface area contributed by atoms with Gasteiger partial charge in [0.1, 0.15) is 0 Å². The largest absolute Gasteiger partial charge is 0.326 e. The van der Waals surface area contributed by atoms with E-state index < -0.39 is 4.92 Å². The molecule has 2 N–H and O–H groups in total. The summed E-state index contributed by atoms with van der Waals surface area (Å²) in [5.74, 6) is 0.528. The number of anilines is 1. The molecule has 0 aromatic heterocycles. The van der Waals surface area contributed by atoms with E-state index in [-0.39, 0.29) is 24.0 Å². The maximum atomic E-state index is 12.0. The fourth-order valence-corrected chi connectivity index (χ4v) is 2.67. The van der Waals surface area contributed by atoms with Gasteiger partial charge in [0.15, 0.2) is 0 Å². The smallest absolute Gasteiger partial charge is 0.274 e. The quantitative estimate of drug-likeness (QED) is 0.643. The number of nitrogens with one attached hydrogen (secondary N) is 2. The molecule has 0 saturated carbocycles. The molecule has 1 aliphatic heterocycles. The van der Waals surface area contributed by atoms with E-state index in [1.54, 1.807) is 19.1 Å². The van der Waals surface area contributed by atoms with Gasteiger partial charge in [0, 0.05) is 12.5 Å². The number of nitro groups is 1. The van der Waals surface area contributed by atoms with Crippen molar-refractivity contribution >= 4 is 29.7 Å². The number of piperidine rings is 1. The number of carbonyl (C=O) groups is 1. The summed E-state index contributed by atoms with van der Waals surface area (Å²) in [5.41, 5.74) is 1.06. The number of carbonyl (C=O) groups excluding carboxylic acids is 1. The summed E-state index contributed by atoms with van der Waals surface area (Å²) >= 11 is 0. The van der Waals surface area contributed by atoms with Crippen LogP contribution in [0.15, 0.2) is 18.2 Å². The van der Waals surface area contributed by atoms with E-state index in [0.29, 0.717) is 23.6 Å². The van der Waals surface area contributed by atoms with Gasteiger partial charge in [0.2, 0.25) is 5.91 Å². The second-order valence-corrected chi connectivity index (χ2v) is 5.49. The summed E-state index contributed by atoms with van der Waals surface area (Å²) in [6, 6.07) is 4.73. The minimum Gasteiger partial charge on any atom is -0.326 e. The topological polar surface area (TPSA) is 84.3 Å². The van der Waals surface area contributed by atoms with Crippen LogP contribution in [-0.2, 0) is 4.79 Å². The van der Waals surface area contributed by atoms with Crippen LogP contribution in [0, 0.1) is 23.0 Å². The van der Waals surface area contributed by atoms with Crippen LogP contribution in [0.4, 0.5) is 11.4 Å². The molecular weight excluding hydrogens is 306 g/mol. The van der Waals surface area contributed by atoms with Crippen molar-refractivity contribution in [3.05, 3.63) is 33.9 Å². The van der Waals surface area contributed by atoms with Crippen LogP contribution >= 0.6 is 12.4 Å². The SMILES string of the molecule is Cc1c(NC(=O)CCC2CCNCC2)cccc1[N+](=O)[O-].Cl. The first-order valence-corrected chi connectivity index (χ1v) is 7.32. The lowest BCUT2D eigenvalue weighted by Gasteiger charge is -2.22. The molecule has 22 heavy (non-hydrogen) atoms. The third-order valence-corrected chi connectivity index (χ3v) is 4.01. The van der Waals surface area contributed by atoms with Gasteiger partial charge in [-0.2, -0.15) is 0 Å². The number of amides is 1. The van der Waals surface area contributed by atoms with Gasteiger partial charge in [-0.25, -0.2) is 0 Å². The van der Waals surface area contributed by atoms with Crippen LogP contribution in [0.3, 0.4) is 0 Å². The number of rotatable bonds is 5. The molecule has 122 valence electrons. The zero-order chi connectivity index (χ0) is 15.2. The standard InChI is InChI=1S/C15H21N3O3.ClH/c1-11-13(3-2-4-14(11)18(20)21)17-15(19)6-5-12-7-9-16-10-8-12;/h2-4,12,16H,5-10H2,1H3,(H,17,19);1H. The van der Waals surface area contributed by atoms with Crippen LogP contribution in [0.25, 0.3) is 0 Å². The molecule has 1 amide bonds. The predicted octanol–water partition coefficient (Wildman–Crippen LogP) is 3.04. The normalized spacial score (nSPS) is 15.0. The summed E-state index contributed by atoms with van der Waals surface area (Å²) < 4.78 is 0. The monoisotopic (exact) mass is 327 g/mol. The molecule has 0 radical (unpaired) electrons. The van der Waals surface area contributed by atoms with Crippen molar-refractivity contribution in [3.63, 3.8) is 0 Å². The van der Waals surface area contributed by atoms with Gasteiger partial charge in [-0.15, -0.1) is 12.4 Å². The summed E-state index contributed by atoms with van der Waals surface area (Å²) in [6.45, 7) is 3.70. The second kappa shape index (κ2) is 8.70. The molecule has 1 heterocycles. The van der Waals surface area contributed by atoms with E-state index in [2.05, 4.69) is 10.6 Å². The first-order chi connectivity index (χ1) is 10.1. The molecule has 0 spiro atoms. The Bertz CT molecular complexity index is 531. The summed E-state index contributed by atoms with van der Waals surface area (Å²) in [4.78, 5) is 22.4. The van der Waals surface area contributed by atoms with E-state index in [1.165, 1.54) is 6.07 Å². The minimum atomic E-state index is -0.431. The molecule has 0 bridgehead atoms. The van der Waals surface area contributed by atoms with Gasteiger partial charge in [0.25, 0.3) is 5.69 Å². The van der Waals surface area contributed by atoms with Crippen LogP contribution < -0.4 is 10.6 Å². The van der Waals surface area contributed by atoms with E-state index >= 15 is 0 Å². The first kappa shape index (κ1) is 18.4. The lowest BCUT2D eigenvalue weighted by Crippen LogP contribution is -2.28. The van der Waals surface area contributed by atoms with Crippen molar-refractivity contribution in [2.75, 3.05) is 18.4 Å². The van der Waals surface area contributed by atoms with Crippen LogP contribution in [-0.4, -0.2) is 23.9 Å². The Morgan fingerprint density at radius 1 is 1.41 bits per heavy atom. The van der Waals surface area contributed by atoms with Crippen molar-refractivity contribution in [1.29, 1.82) is 0 Å². The molecule has 7 heteroatoms. The Hall–Kier alpha value is -1.66. The number of nitro benzene ring substituents is 1. The Morgan fingerprint density at radius 3 is 2.73 bits per heavy atom. The molecule has 1 aliphatic rings. The van der Waals surface area contributed by atoms with Crippen LogP contribution in [0.2, 0.25) is 0 Å². The molecule has 2 rings (SSSR count). The molecule has 6 nitrogen and oxygen atoms in total. The molecule has 1 saturated heterocycles. The molecule has 0 aliphatic carbocycles. The highest BCUT2D eigenvalue weighted by molar-refractivity contribution is 5.92. The molecule has 0 atom stereocenters. The number of benzene rings is 1. The third-order valence-electron chi connectivity index (χ3n) is 4.01. The second-order valence-electron chi connectivity index (χ2n) is 5.49. The fourth-order valence-electron chi connectivity index (χ4n) is 2.67. The van der Waals surface area contributed by atoms with Crippen LogP contribution in [0.1, 0.15) is 31.2 Å². The average Bonchev–Trinajstić information content (AvgIpc) is 2.48. The first-order valence-electron chi connectivity index (χ1n) is 7.32. The fraction of sp³-hybridized carbons (Fsp3) is 0.533. The van der Waals surface area contributed by atoms with Gasteiger partial charge in [-0.1, -0.05) is 6.07 Å². The molecular formula is C15H22ClN3O3. The van der Waals surface area contributed by atoms with Crippen molar-refractivity contribution < 1.29 is 9.72 Å². The average molecular weight is 328 g/mol. The lowest BCUT2D eigenvalue weighted by molar-refractivity contribution is -0.385. The Kier molecular flexibility index (Phi) is 7.27. The Morgan fingerprint density at radius 2 is 2.09 bits per heavy atom. The molecule has 1 fully saturated rings. The van der Waals surface area contributed by atoms with E-state index in [1.807, 2.05) is 0 Å². The van der Waals surface area contributed by atoms with Crippen molar-refractivity contribution in [3.8, 4) is 0 Å². The highest BCUT2D eigenvalue weighted by atomic mass is 35.5. The summed E-state index contributed by atoms with van der Waals surface area (Å²) in [5, 5.41) is 17.0. The van der Waals surface area contributed by atoms with Gasteiger partial charge in [-0.05, 0) is 51.3 Å². The van der Waals surface area contributed by atoms with Gasteiger partial charge < -0.3 is 10.6 Å². The summed E-state index contributed by atoms with van der Waals surface area (Å²) in [7, 11) is 0. The summed E-state index contributed by atoms with van der Waals surface area (Å²) in [6.07, 6.45) is 3.57. The van der Waals surface area contributed by atoms with Gasteiger partial charge >= 0.3 is 0 Å².